The number of nitrogens with one attached hydrogen (secondary N) is 5. The number of imidazole rings is 3. The molecule has 3 unspecified atom stereocenters. The number of piperazine rings is 1. The van der Waals surface area contributed by atoms with Crippen molar-refractivity contribution in [3.63, 3.8) is 0 Å². The molecule has 4 fully saturated rings. The third-order valence-corrected chi connectivity index (χ3v) is 24.4. The standard InChI is InChI=1S/C27H36N10OS.C27H31N9O2S.C27H31N9OS2/c1-19-5-4-6-34(14-19)17-22-11-24(39-32-22)31-26-27-28-13-23(37(27)15-20(2)30-26)21-12-29-36(16-21)18-25(38)35-9-7-33(3)8-10-35;2*1-18-5-3-7-34(13-18)16-21-9-25(39-33-21)32-26-27-29-12-23(36(27)14-19(2)31-26)20-10-30-35(15-20)17-24(37)28-11-22-6-4-8-38-22/h11-13,15-16,19H,4-10,14,17-18H2,1-3H3,(H,30,31);2*4,6,8-10,12,14-15,18H,3,5,7,11,13,16-17H2,1-2H3,(H,28,37)(H,31,32). The van der Waals surface area contributed by atoms with Gasteiger partial charge in [-0.1, -0.05) is 26.8 Å². The zero-order valence-electron chi connectivity index (χ0n) is 66.9. The van der Waals surface area contributed by atoms with Crippen molar-refractivity contribution in [3.8, 4) is 33.8 Å². The highest BCUT2D eigenvalue weighted by molar-refractivity contribution is 7.11. The number of likely N-dealkylation sites (tertiary alicyclic amines) is 3. The molecule has 18 heterocycles. The van der Waals surface area contributed by atoms with Gasteiger partial charge in [-0.15, -0.1) is 11.3 Å². The number of furan rings is 1. The molecular formula is C81H98N28O4S4. The highest BCUT2D eigenvalue weighted by Gasteiger charge is 2.26. The first kappa shape index (κ1) is 79.8. The molecule has 4 aliphatic rings. The SMILES string of the molecule is Cc1cn2c(-c3cnn(CC(=O)N4CCN(C)CC4)c3)cnc2c(Nc2cc(CN3CCCC(C)C3)ns2)n1.Cc1cn2c(-c3cnn(CC(=O)NCc4ccco4)c3)cnc2c(Nc2cc(CN3CCCC(C)C3)ns2)n1.Cc1cn2c(-c3cnn(CC(=O)NCc4cccs4)c3)cnc2c(Nc2cc(CN3CCCC(C)C3)ns2)n1. The molecule has 14 aromatic heterocycles. The molecule has 0 aliphatic carbocycles. The predicted molar refractivity (Wildman–Crippen MR) is 455 cm³/mol. The van der Waals surface area contributed by atoms with Crippen molar-refractivity contribution in [2.24, 2.45) is 17.8 Å². The van der Waals surface area contributed by atoms with Gasteiger partial charge in [0.1, 0.15) is 40.4 Å². The zero-order valence-corrected chi connectivity index (χ0v) is 70.1. The summed E-state index contributed by atoms with van der Waals surface area (Å²) in [4.78, 5) is 78.5. The number of carbonyl (C=O) groups excluding carboxylic acids is 3. The molecule has 4 saturated heterocycles. The van der Waals surface area contributed by atoms with Gasteiger partial charge in [-0.05, 0) is 180 Å². The minimum absolute atomic E-state index is 0.0820. The van der Waals surface area contributed by atoms with Gasteiger partial charge in [0, 0.05) is 124 Å². The molecule has 0 spiro atoms. The normalized spacial score (nSPS) is 17.1. The Morgan fingerprint density at radius 2 is 0.897 bits per heavy atom. The van der Waals surface area contributed by atoms with Gasteiger partial charge >= 0.3 is 0 Å². The number of piperidine rings is 3. The quantitative estimate of drug-likeness (QED) is 0.0355. The summed E-state index contributed by atoms with van der Waals surface area (Å²) in [6.45, 7) is 27.0. The van der Waals surface area contributed by atoms with Gasteiger partial charge in [0.05, 0.1) is 108 Å². The Balaban J connectivity index is 0.000000131. The molecule has 0 aromatic carbocycles. The molecule has 3 atom stereocenters. The van der Waals surface area contributed by atoms with Crippen LogP contribution in [-0.4, -0.2) is 200 Å². The molecular weight excluding hydrogens is 1560 g/mol. The van der Waals surface area contributed by atoms with E-state index in [4.69, 9.17) is 19.4 Å². The van der Waals surface area contributed by atoms with E-state index in [1.54, 1.807) is 62.5 Å². The van der Waals surface area contributed by atoms with E-state index in [-0.39, 0.29) is 37.4 Å². The number of aromatic nitrogens is 18. The van der Waals surface area contributed by atoms with Crippen LogP contribution >= 0.6 is 45.9 Å². The Kier molecular flexibility index (Phi) is 25.0. The van der Waals surface area contributed by atoms with Crippen LogP contribution in [0.2, 0.25) is 0 Å². The van der Waals surface area contributed by atoms with Crippen LogP contribution in [0.1, 0.15) is 104 Å². The molecule has 32 nitrogen and oxygen atoms in total. The average molecular weight is 1660 g/mol. The Morgan fingerprint density at radius 1 is 0.487 bits per heavy atom. The van der Waals surface area contributed by atoms with E-state index < -0.39 is 0 Å². The number of amides is 3. The van der Waals surface area contributed by atoms with Crippen LogP contribution in [0.25, 0.3) is 50.7 Å². The average Bonchev–Trinajstić information content (AvgIpc) is 1.64. The van der Waals surface area contributed by atoms with Crippen molar-refractivity contribution in [1.29, 1.82) is 0 Å². The number of thiophene rings is 1. The minimum atomic E-state index is -0.149. The molecule has 4 aliphatic heterocycles. The lowest BCUT2D eigenvalue weighted by Crippen LogP contribution is -2.48. The number of fused-ring (bicyclic) bond motifs is 3. The van der Waals surface area contributed by atoms with Crippen LogP contribution < -0.4 is 26.6 Å². The summed E-state index contributed by atoms with van der Waals surface area (Å²) in [7, 11) is 2.08. The van der Waals surface area contributed by atoms with Crippen molar-refractivity contribution in [1.82, 2.24) is 121 Å². The third kappa shape index (κ3) is 20.3. The van der Waals surface area contributed by atoms with Crippen LogP contribution in [0.3, 0.4) is 0 Å². The monoisotopic (exact) mass is 1650 g/mol. The number of nitrogens with zero attached hydrogens (tertiary/aromatic N) is 23. The number of aryl methyl sites for hydroxylation is 3. The van der Waals surface area contributed by atoms with Gasteiger partial charge in [-0.3, -0.25) is 56.3 Å². The third-order valence-electron chi connectivity index (χ3n) is 21.3. The first-order valence-corrected chi connectivity index (χ1v) is 43.1. The first-order chi connectivity index (χ1) is 56.9. The predicted octanol–water partition coefficient (Wildman–Crippen LogP) is 12.1. The van der Waals surface area contributed by atoms with Crippen LogP contribution in [-0.2, 0) is 66.7 Å². The summed E-state index contributed by atoms with van der Waals surface area (Å²) >= 11 is 5.97. The van der Waals surface area contributed by atoms with Crippen LogP contribution in [0.15, 0.2) is 133 Å². The van der Waals surface area contributed by atoms with Gasteiger partial charge in [-0.25, -0.2) is 29.9 Å². The maximum Gasteiger partial charge on any atom is 0.244 e. The van der Waals surface area contributed by atoms with Crippen molar-refractivity contribution >= 4 is 113 Å². The molecule has 0 bridgehead atoms. The maximum atomic E-state index is 12.8. The van der Waals surface area contributed by atoms with Gasteiger partial charge in [0.25, 0.3) is 0 Å². The fourth-order valence-electron chi connectivity index (χ4n) is 15.5. The largest absolute Gasteiger partial charge is 0.467 e. The molecule has 18 rings (SSSR count). The van der Waals surface area contributed by atoms with E-state index in [0.29, 0.717) is 42.0 Å². The maximum absolute atomic E-state index is 12.8. The fraction of sp³-hybridized carbons (Fsp3) is 0.420. The number of hydrogen-bond donors (Lipinski definition) is 5. The summed E-state index contributed by atoms with van der Waals surface area (Å²) in [6.07, 6.45) is 31.5. The Morgan fingerprint density at radius 3 is 1.28 bits per heavy atom. The van der Waals surface area contributed by atoms with Gasteiger partial charge < -0.3 is 40.8 Å². The minimum Gasteiger partial charge on any atom is -0.467 e. The highest BCUT2D eigenvalue weighted by atomic mass is 32.1. The number of rotatable bonds is 25. The topological polar surface area (TPSA) is 323 Å². The second-order valence-electron chi connectivity index (χ2n) is 31.2. The second-order valence-corrected chi connectivity index (χ2v) is 34.7. The summed E-state index contributed by atoms with van der Waals surface area (Å²) in [6, 6.07) is 13.9. The van der Waals surface area contributed by atoms with Crippen molar-refractivity contribution in [3.05, 3.63) is 173 Å². The van der Waals surface area contributed by atoms with Gasteiger partial charge in [-0.2, -0.15) is 28.4 Å². The highest BCUT2D eigenvalue weighted by Crippen LogP contribution is 2.34. The van der Waals surface area contributed by atoms with Crippen molar-refractivity contribution in [2.45, 2.75) is 132 Å². The van der Waals surface area contributed by atoms with E-state index in [1.807, 2.05) is 112 Å². The summed E-state index contributed by atoms with van der Waals surface area (Å²) in [5.74, 6) is 4.86. The molecule has 117 heavy (non-hydrogen) atoms. The van der Waals surface area contributed by atoms with E-state index in [2.05, 4.69) is 136 Å². The van der Waals surface area contributed by atoms with E-state index >= 15 is 0 Å². The molecule has 14 aromatic rings. The van der Waals surface area contributed by atoms with Gasteiger partial charge in [0.2, 0.25) is 17.7 Å². The molecule has 0 radical (unpaired) electrons. The van der Waals surface area contributed by atoms with Crippen LogP contribution in [0, 0.1) is 38.5 Å². The summed E-state index contributed by atoms with van der Waals surface area (Å²) in [5, 5.41) is 34.2. The van der Waals surface area contributed by atoms with Crippen LogP contribution in [0.4, 0.5) is 32.5 Å². The smallest absolute Gasteiger partial charge is 0.244 e. The number of anilines is 6. The Labute approximate surface area is 693 Å². The van der Waals surface area contributed by atoms with E-state index in [1.165, 1.54) is 73.1 Å². The lowest BCUT2D eigenvalue weighted by Gasteiger charge is -2.32. The Bertz CT molecular complexity index is 5440. The second kappa shape index (κ2) is 36.7. The number of carbonyl (C=O) groups is 3. The summed E-state index contributed by atoms with van der Waals surface area (Å²) in [5.41, 5.74) is 13.3. The lowest BCUT2D eigenvalue weighted by atomic mass is 10.0. The Hall–Kier alpha value is -11.0. The van der Waals surface area contributed by atoms with E-state index in [9.17, 15) is 14.4 Å². The van der Waals surface area contributed by atoms with Gasteiger partial charge in [0.15, 0.2) is 34.4 Å². The molecule has 5 N–H and O–H groups in total. The number of likely N-dealkylation sites (N-methyl/N-ethyl adjacent to an activating group) is 1. The lowest BCUT2D eigenvalue weighted by molar-refractivity contribution is -0.133. The molecule has 610 valence electrons. The molecule has 0 saturated carbocycles. The fourth-order valence-corrected chi connectivity index (χ4v) is 18.1. The zero-order chi connectivity index (χ0) is 80.5. The van der Waals surface area contributed by atoms with Crippen molar-refractivity contribution < 1.29 is 18.8 Å². The molecule has 36 heteroatoms. The summed E-state index contributed by atoms with van der Waals surface area (Å²) < 4.78 is 30.3. The first-order valence-electron chi connectivity index (χ1n) is 39.9. The van der Waals surface area contributed by atoms with Crippen molar-refractivity contribution in [2.75, 3.05) is 88.4 Å². The van der Waals surface area contributed by atoms with E-state index in [0.717, 1.165) is 202 Å². The van der Waals surface area contributed by atoms with Crippen LogP contribution in [0.5, 0.6) is 0 Å². The number of hydrogen-bond acceptors (Lipinski definition) is 27. The molecule has 3 amide bonds.